The summed E-state index contributed by atoms with van der Waals surface area (Å²) in [5, 5.41) is 4.55. The summed E-state index contributed by atoms with van der Waals surface area (Å²) < 4.78 is 0. The number of hydrogen-bond donors (Lipinski definition) is 1. The van der Waals surface area contributed by atoms with E-state index >= 15 is 0 Å². The number of nitrogens with one attached hydrogen (secondary N) is 1. The average Bonchev–Trinajstić information content (AvgIpc) is 2.80. The number of piperidine rings is 1. The van der Waals surface area contributed by atoms with E-state index in [0.717, 1.165) is 46.9 Å². The van der Waals surface area contributed by atoms with Crippen LogP contribution in [0.25, 0.3) is 22.3 Å². The Morgan fingerprint density at radius 2 is 1.50 bits per heavy atom. The van der Waals surface area contributed by atoms with E-state index in [4.69, 9.17) is 9.97 Å². The van der Waals surface area contributed by atoms with Crippen LogP contribution in [0.4, 0.5) is 17.2 Å². The number of anilines is 3. The lowest BCUT2D eigenvalue weighted by Crippen LogP contribution is -2.29. The lowest BCUT2D eigenvalue weighted by atomic mass is 10.1. The Balaban J connectivity index is 1.48. The third-order valence-electron chi connectivity index (χ3n) is 5.76. The molecular weight excluding hydrogens is 368 g/mol. The Bertz CT molecular complexity index is 1140. The summed E-state index contributed by atoms with van der Waals surface area (Å²) in [5.41, 5.74) is 5.53. The van der Waals surface area contributed by atoms with Crippen molar-refractivity contribution in [2.75, 3.05) is 23.3 Å². The first-order valence-corrected chi connectivity index (χ1v) is 10.7. The third kappa shape index (κ3) is 3.86. The molecule has 150 valence electrons. The molecule has 4 aromatic rings. The Hall–Kier alpha value is -3.40. The van der Waals surface area contributed by atoms with Crippen LogP contribution in [0.2, 0.25) is 0 Å². The summed E-state index contributed by atoms with van der Waals surface area (Å²) >= 11 is 0. The van der Waals surface area contributed by atoms with Crippen molar-refractivity contribution in [2.45, 2.75) is 26.2 Å². The minimum atomic E-state index is 0.737. The highest BCUT2D eigenvalue weighted by atomic mass is 15.1. The molecule has 1 aliphatic rings. The zero-order valence-corrected chi connectivity index (χ0v) is 17.3. The Labute approximate surface area is 177 Å². The van der Waals surface area contributed by atoms with Crippen LogP contribution in [-0.2, 0) is 0 Å². The molecule has 0 amide bonds. The van der Waals surface area contributed by atoms with Crippen LogP contribution in [0.5, 0.6) is 0 Å². The summed E-state index contributed by atoms with van der Waals surface area (Å²) in [6, 6.07) is 25.2. The van der Waals surface area contributed by atoms with E-state index in [9.17, 15) is 0 Å². The maximum Gasteiger partial charge on any atom is 0.162 e. The normalized spacial score (nSPS) is 14.1. The predicted octanol–water partition coefficient (Wildman–Crippen LogP) is 6.34. The second-order valence-corrected chi connectivity index (χ2v) is 8.00. The van der Waals surface area contributed by atoms with Crippen LogP contribution in [0.1, 0.15) is 24.8 Å². The van der Waals surface area contributed by atoms with Gasteiger partial charge in [0.15, 0.2) is 5.82 Å². The standard InChI is InChI=1S/C26H26N4/c1-19-9-11-20(12-10-19)25-28-24-8-4-3-7-23(24)26(29-25)27-21-13-15-22(16-14-21)30-17-5-2-6-18-30/h3-4,7-16H,2,5-6,17-18H2,1H3,(H,27,28,29). The van der Waals surface area contributed by atoms with E-state index in [2.05, 4.69) is 71.7 Å². The summed E-state index contributed by atoms with van der Waals surface area (Å²) in [4.78, 5) is 12.1. The molecule has 1 aromatic heterocycles. The summed E-state index contributed by atoms with van der Waals surface area (Å²) in [7, 11) is 0. The lowest BCUT2D eigenvalue weighted by Gasteiger charge is -2.28. The number of hydrogen-bond acceptors (Lipinski definition) is 4. The Morgan fingerprint density at radius 3 is 2.27 bits per heavy atom. The summed E-state index contributed by atoms with van der Waals surface area (Å²) in [5.74, 6) is 1.57. The molecule has 3 aromatic carbocycles. The predicted molar refractivity (Wildman–Crippen MR) is 125 cm³/mol. The van der Waals surface area contributed by atoms with E-state index in [1.165, 1.54) is 30.5 Å². The van der Waals surface area contributed by atoms with Crippen LogP contribution in [0.3, 0.4) is 0 Å². The average molecular weight is 395 g/mol. The largest absolute Gasteiger partial charge is 0.372 e. The van der Waals surface area contributed by atoms with E-state index in [-0.39, 0.29) is 0 Å². The molecule has 4 nitrogen and oxygen atoms in total. The van der Waals surface area contributed by atoms with Crippen molar-refractivity contribution in [3.8, 4) is 11.4 Å². The maximum atomic E-state index is 4.88. The van der Waals surface area contributed by atoms with Gasteiger partial charge < -0.3 is 10.2 Å². The highest BCUT2D eigenvalue weighted by molar-refractivity contribution is 5.92. The molecule has 1 N–H and O–H groups in total. The van der Waals surface area contributed by atoms with Crippen molar-refractivity contribution in [3.63, 3.8) is 0 Å². The molecule has 5 rings (SSSR count). The molecule has 1 aliphatic heterocycles. The van der Waals surface area contributed by atoms with Gasteiger partial charge in [0.25, 0.3) is 0 Å². The molecular formula is C26H26N4. The van der Waals surface area contributed by atoms with Crippen molar-refractivity contribution in [2.24, 2.45) is 0 Å². The Kier molecular flexibility index (Phi) is 5.06. The first kappa shape index (κ1) is 18.6. The molecule has 0 saturated carbocycles. The van der Waals surface area contributed by atoms with Gasteiger partial charge in [0.1, 0.15) is 5.82 Å². The van der Waals surface area contributed by atoms with E-state index in [1.54, 1.807) is 0 Å². The van der Waals surface area contributed by atoms with Gasteiger partial charge in [-0.3, -0.25) is 0 Å². The van der Waals surface area contributed by atoms with Gasteiger partial charge in [0.05, 0.1) is 5.52 Å². The van der Waals surface area contributed by atoms with Gasteiger partial charge in [0, 0.05) is 35.4 Å². The SMILES string of the molecule is Cc1ccc(-c2nc(Nc3ccc(N4CCCCC4)cc3)c3ccccc3n2)cc1. The molecule has 0 bridgehead atoms. The topological polar surface area (TPSA) is 41.1 Å². The first-order valence-electron chi connectivity index (χ1n) is 10.7. The minimum Gasteiger partial charge on any atom is -0.372 e. The zero-order valence-electron chi connectivity index (χ0n) is 17.3. The number of para-hydroxylation sites is 1. The highest BCUT2D eigenvalue weighted by Crippen LogP contribution is 2.29. The van der Waals surface area contributed by atoms with Crippen molar-refractivity contribution in [1.29, 1.82) is 0 Å². The fourth-order valence-electron chi connectivity index (χ4n) is 4.05. The van der Waals surface area contributed by atoms with Gasteiger partial charge in [0.2, 0.25) is 0 Å². The van der Waals surface area contributed by atoms with Crippen LogP contribution in [0.15, 0.2) is 72.8 Å². The van der Waals surface area contributed by atoms with Crippen LogP contribution in [0, 0.1) is 6.92 Å². The van der Waals surface area contributed by atoms with Crippen LogP contribution < -0.4 is 10.2 Å². The second-order valence-electron chi connectivity index (χ2n) is 8.00. The van der Waals surface area contributed by atoms with Gasteiger partial charge in [-0.2, -0.15) is 0 Å². The first-order chi connectivity index (χ1) is 14.8. The van der Waals surface area contributed by atoms with E-state index in [1.807, 2.05) is 18.2 Å². The monoisotopic (exact) mass is 394 g/mol. The molecule has 0 radical (unpaired) electrons. The second kappa shape index (κ2) is 8.15. The fraction of sp³-hybridized carbons (Fsp3) is 0.231. The maximum absolute atomic E-state index is 4.88. The molecule has 0 unspecified atom stereocenters. The summed E-state index contributed by atoms with van der Waals surface area (Å²) in [6.07, 6.45) is 3.92. The van der Waals surface area contributed by atoms with Crippen molar-refractivity contribution < 1.29 is 0 Å². The van der Waals surface area contributed by atoms with Gasteiger partial charge >= 0.3 is 0 Å². The zero-order chi connectivity index (χ0) is 20.3. The summed E-state index contributed by atoms with van der Waals surface area (Å²) in [6.45, 7) is 4.40. The fourth-order valence-corrected chi connectivity index (χ4v) is 4.05. The highest BCUT2D eigenvalue weighted by Gasteiger charge is 2.12. The lowest BCUT2D eigenvalue weighted by molar-refractivity contribution is 0.578. The number of aromatic nitrogens is 2. The molecule has 4 heteroatoms. The van der Waals surface area contributed by atoms with Gasteiger partial charge in [-0.25, -0.2) is 9.97 Å². The molecule has 30 heavy (non-hydrogen) atoms. The smallest absolute Gasteiger partial charge is 0.162 e. The van der Waals surface area contributed by atoms with E-state index in [0.29, 0.717) is 0 Å². The molecule has 0 atom stereocenters. The molecule has 1 fully saturated rings. The molecule has 0 aliphatic carbocycles. The number of aryl methyl sites for hydroxylation is 1. The van der Waals surface area contributed by atoms with E-state index < -0.39 is 0 Å². The molecule has 2 heterocycles. The van der Waals surface area contributed by atoms with Crippen molar-refractivity contribution in [3.05, 3.63) is 78.4 Å². The van der Waals surface area contributed by atoms with Crippen molar-refractivity contribution >= 4 is 28.1 Å². The van der Waals surface area contributed by atoms with Crippen LogP contribution in [-0.4, -0.2) is 23.1 Å². The van der Waals surface area contributed by atoms with Gasteiger partial charge in [-0.1, -0.05) is 42.0 Å². The van der Waals surface area contributed by atoms with Gasteiger partial charge in [-0.15, -0.1) is 0 Å². The molecule has 0 spiro atoms. The molecule has 1 saturated heterocycles. The number of fused-ring (bicyclic) bond motifs is 1. The third-order valence-corrected chi connectivity index (χ3v) is 5.76. The Morgan fingerprint density at radius 1 is 0.767 bits per heavy atom. The number of benzene rings is 3. The van der Waals surface area contributed by atoms with Crippen molar-refractivity contribution in [1.82, 2.24) is 9.97 Å². The minimum absolute atomic E-state index is 0.737. The number of nitrogens with zero attached hydrogens (tertiary/aromatic N) is 3. The van der Waals surface area contributed by atoms with Crippen LogP contribution >= 0.6 is 0 Å². The number of rotatable bonds is 4. The van der Waals surface area contributed by atoms with Gasteiger partial charge in [-0.05, 0) is 62.6 Å². The quantitative estimate of drug-likeness (QED) is 0.438.